The Bertz CT molecular complexity index is 628. The van der Waals surface area contributed by atoms with Gasteiger partial charge in [0.2, 0.25) is 0 Å². The molecular formula is C18H26N3OS+. The summed E-state index contributed by atoms with van der Waals surface area (Å²) in [6.45, 7) is 7.26. The molecular weight excluding hydrogens is 306 g/mol. The van der Waals surface area contributed by atoms with E-state index in [1.54, 1.807) is 0 Å². The minimum absolute atomic E-state index is 0.00193. The van der Waals surface area contributed by atoms with Gasteiger partial charge < -0.3 is 10.2 Å². The third-order valence-electron chi connectivity index (χ3n) is 5.50. The molecule has 0 spiro atoms. The third kappa shape index (κ3) is 3.29. The third-order valence-corrected chi connectivity index (χ3v) is 6.49. The largest absolute Gasteiger partial charge is 0.333 e. The van der Waals surface area contributed by atoms with Crippen molar-refractivity contribution in [3.63, 3.8) is 0 Å². The van der Waals surface area contributed by atoms with E-state index >= 15 is 0 Å². The van der Waals surface area contributed by atoms with Crippen molar-refractivity contribution >= 4 is 17.2 Å². The van der Waals surface area contributed by atoms with Gasteiger partial charge in [0, 0.05) is 22.8 Å². The molecule has 1 aromatic rings. The van der Waals surface area contributed by atoms with Crippen molar-refractivity contribution in [3.8, 4) is 6.07 Å². The number of carbonyl (C=O) groups is 1. The van der Waals surface area contributed by atoms with Crippen LogP contribution >= 0.6 is 11.3 Å². The van der Waals surface area contributed by atoms with Crippen molar-refractivity contribution < 1.29 is 9.69 Å². The van der Waals surface area contributed by atoms with Crippen LogP contribution in [-0.4, -0.2) is 24.5 Å². The summed E-state index contributed by atoms with van der Waals surface area (Å²) in [7, 11) is 0. The summed E-state index contributed by atoms with van der Waals surface area (Å²) in [5.41, 5.74) is 0.688. The molecule has 0 bridgehead atoms. The first-order chi connectivity index (χ1) is 10.9. The van der Waals surface area contributed by atoms with Gasteiger partial charge >= 0.3 is 0 Å². The highest BCUT2D eigenvalue weighted by Gasteiger charge is 2.44. The zero-order chi connectivity index (χ0) is 16.6. The van der Waals surface area contributed by atoms with Crippen molar-refractivity contribution in [2.45, 2.75) is 51.6 Å². The average Bonchev–Trinajstić information content (AvgIpc) is 3.23. The van der Waals surface area contributed by atoms with Crippen molar-refractivity contribution in [1.82, 2.24) is 5.32 Å². The van der Waals surface area contributed by atoms with E-state index in [1.807, 2.05) is 32.1 Å². The topological polar surface area (TPSA) is 57.3 Å². The number of hydrogen-bond donors (Lipinski definition) is 2. The fourth-order valence-electron chi connectivity index (χ4n) is 3.54. The van der Waals surface area contributed by atoms with E-state index in [0.29, 0.717) is 12.6 Å². The minimum atomic E-state index is -0.783. The quantitative estimate of drug-likeness (QED) is 0.862. The van der Waals surface area contributed by atoms with E-state index in [0.717, 1.165) is 18.9 Å². The Hall–Kier alpha value is -1.38. The lowest BCUT2D eigenvalue weighted by Gasteiger charge is -2.34. The Morgan fingerprint density at radius 2 is 2.30 bits per heavy atom. The fourth-order valence-corrected chi connectivity index (χ4v) is 4.47. The molecule has 1 fully saturated rings. The Morgan fingerprint density at radius 3 is 2.91 bits per heavy atom. The Labute approximate surface area is 142 Å². The Kier molecular flexibility index (Phi) is 4.48. The van der Waals surface area contributed by atoms with Crippen LogP contribution in [0.2, 0.25) is 0 Å². The molecule has 2 heterocycles. The summed E-state index contributed by atoms with van der Waals surface area (Å²) in [4.78, 5) is 15.4. The van der Waals surface area contributed by atoms with E-state index in [-0.39, 0.29) is 11.8 Å². The first-order valence-corrected chi connectivity index (χ1v) is 9.45. The highest BCUT2D eigenvalue weighted by atomic mass is 32.1. The van der Waals surface area contributed by atoms with Crippen LogP contribution in [0.25, 0.3) is 0 Å². The van der Waals surface area contributed by atoms with E-state index in [9.17, 15) is 10.1 Å². The molecule has 1 unspecified atom stereocenters. The summed E-state index contributed by atoms with van der Waals surface area (Å²) in [6, 6.07) is 5.00. The lowest BCUT2D eigenvalue weighted by Crippen LogP contribution is -3.14. The lowest BCUT2D eigenvalue weighted by molar-refractivity contribution is -0.928. The van der Waals surface area contributed by atoms with Crippen LogP contribution in [0.5, 0.6) is 0 Å². The molecule has 1 saturated carbocycles. The predicted molar refractivity (Wildman–Crippen MR) is 91.2 cm³/mol. The van der Waals surface area contributed by atoms with Gasteiger partial charge in [0.15, 0.2) is 6.54 Å². The Balaban J connectivity index is 1.70. The van der Waals surface area contributed by atoms with E-state index in [2.05, 4.69) is 22.8 Å². The first kappa shape index (κ1) is 16.5. The summed E-state index contributed by atoms with van der Waals surface area (Å²) in [5.74, 6) is 0.830. The molecule has 1 amide bonds. The van der Waals surface area contributed by atoms with Crippen LogP contribution in [0, 0.1) is 23.2 Å². The van der Waals surface area contributed by atoms with Crippen molar-refractivity contribution in [2.75, 3.05) is 13.1 Å². The molecule has 23 heavy (non-hydrogen) atoms. The number of fused-ring (bicyclic) bond motifs is 1. The van der Waals surface area contributed by atoms with Gasteiger partial charge in [-0.1, -0.05) is 13.8 Å². The molecule has 1 aromatic heterocycles. The van der Waals surface area contributed by atoms with Gasteiger partial charge in [0.1, 0.15) is 11.6 Å². The zero-order valence-corrected chi connectivity index (χ0v) is 15.0. The van der Waals surface area contributed by atoms with Gasteiger partial charge in [0.05, 0.1) is 12.6 Å². The second-order valence-electron chi connectivity index (χ2n) is 7.47. The van der Waals surface area contributed by atoms with Gasteiger partial charge in [-0.15, -0.1) is 11.3 Å². The van der Waals surface area contributed by atoms with Crippen LogP contribution in [0.1, 0.15) is 50.1 Å². The standard InChI is InChI=1S/C18H25N3OS/c1-12(2)18(3,11-19)20-16(22)10-21-8-6-15-14(7-9-23-15)17(21)13-4-5-13/h7,9,12-13,17H,4-6,8,10H2,1-3H3,(H,20,22)/p+1/t17-,18+/m0/s1. The summed E-state index contributed by atoms with van der Waals surface area (Å²) in [6.07, 6.45) is 3.64. The number of nitrogens with one attached hydrogen (secondary N) is 2. The second-order valence-corrected chi connectivity index (χ2v) is 8.47. The highest BCUT2D eigenvalue weighted by Crippen LogP contribution is 2.42. The molecule has 5 heteroatoms. The molecule has 0 radical (unpaired) electrons. The number of rotatable bonds is 5. The second kappa shape index (κ2) is 6.26. The number of amides is 1. The predicted octanol–water partition coefficient (Wildman–Crippen LogP) is 1.69. The monoisotopic (exact) mass is 332 g/mol. The number of carbonyl (C=O) groups excluding carboxylic acids is 1. The van der Waals surface area contributed by atoms with Crippen LogP contribution < -0.4 is 10.2 Å². The number of nitriles is 1. The Morgan fingerprint density at radius 1 is 1.57 bits per heavy atom. The van der Waals surface area contributed by atoms with Crippen LogP contribution in [-0.2, 0) is 11.2 Å². The fraction of sp³-hybridized carbons (Fsp3) is 0.667. The van der Waals surface area contributed by atoms with Crippen molar-refractivity contribution in [1.29, 1.82) is 5.26 Å². The van der Waals surface area contributed by atoms with Crippen LogP contribution in [0.15, 0.2) is 11.4 Å². The molecule has 1 aliphatic heterocycles. The summed E-state index contributed by atoms with van der Waals surface area (Å²) < 4.78 is 0. The molecule has 1 aliphatic carbocycles. The maximum atomic E-state index is 12.5. The van der Waals surface area contributed by atoms with Gasteiger partial charge in [-0.3, -0.25) is 4.79 Å². The molecule has 3 atom stereocenters. The normalized spacial score (nSPS) is 26.2. The van der Waals surface area contributed by atoms with Gasteiger partial charge in [-0.25, -0.2) is 0 Å². The molecule has 2 N–H and O–H groups in total. The average molecular weight is 332 g/mol. The number of thiophene rings is 1. The zero-order valence-electron chi connectivity index (χ0n) is 14.2. The number of quaternary nitrogens is 1. The van der Waals surface area contributed by atoms with Crippen LogP contribution in [0.4, 0.5) is 0 Å². The van der Waals surface area contributed by atoms with Gasteiger partial charge in [0.25, 0.3) is 5.91 Å². The lowest BCUT2D eigenvalue weighted by atomic mass is 9.90. The summed E-state index contributed by atoms with van der Waals surface area (Å²) in [5, 5.41) is 14.6. The van der Waals surface area contributed by atoms with Crippen LogP contribution in [0.3, 0.4) is 0 Å². The van der Waals surface area contributed by atoms with E-state index < -0.39 is 5.54 Å². The molecule has 3 rings (SSSR count). The summed E-state index contributed by atoms with van der Waals surface area (Å²) >= 11 is 1.86. The first-order valence-electron chi connectivity index (χ1n) is 8.57. The molecule has 2 aliphatic rings. The van der Waals surface area contributed by atoms with Gasteiger partial charge in [-0.2, -0.15) is 5.26 Å². The number of hydrogen-bond acceptors (Lipinski definition) is 3. The van der Waals surface area contributed by atoms with E-state index in [4.69, 9.17) is 0 Å². The minimum Gasteiger partial charge on any atom is -0.333 e. The SMILES string of the molecule is CC(C)[C@@](C)(C#N)NC(=O)C[NH+]1CCc2sccc2[C@@H]1C1CC1. The van der Waals surface area contributed by atoms with Gasteiger partial charge in [-0.05, 0) is 37.1 Å². The van der Waals surface area contributed by atoms with Crippen molar-refractivity contribution in [2.24, 2.45) is 11.8 Å². The smallest absolute Gasteiger partial charge is 0.276 e. The molecule has 0 saturated heterocycles. The number of nitrogens with zero attached hydrogens (tertiary/aromatic N) is 1. The maximum absolute atomic E-state index is 12.5. The molecule has 4 nitrogen and oxygen atoms in total. The maximum Gasteiger partial charge on any atom is 0.276 e. The van der Waals surface area contributed by atoms with Crippen molar-refractivity contribution in [3.05, 3.63) is 21.9 Å². The van der Waals surface area contributed by atoms with E-state index in [1.165, 1.54) is 28.2 Å². The molecule has 0 aromatic carbocycles. The molecule has 124 valence electrons. The highest BCUT2D eigenvalue weighted by molar-refractivity contribution is 7.10.